The van der Waals surface area contributed by atoms with Crippen molar-refractivity contribution in [1.82, 2.24) is 14.3 Å². The van der Waals surface area contributed by atoms with Crippen LogP contribution in [-0.2, 0) is 23.0 Å². The molecule has 1 atom stereocenters. The van der Waals surface area contributed by atoms with Gasteiger partial charge >= 0.3 is 0 Å². The molecule has 0 saturated heterocycles. The highest BCUT2D eigenvalue weighted by atomic mass is 35.5. The second kappa shape index (κ2) is 6.51. The molecule has 2 aliphatic heterocycles. The van der Waals surface area contributed by atoms with Crippen LogP contribution in [0.25, 0.3) is 0 Å². The molecule has 25 heavy (non-hydrogen) atoms. The number of aromatic nitrogens is 2. The molecule has 7 nitrogen and oxygen atoms in total. The van der Waals surface area contributed by atoms with Gasteiger partial charge in [-0.15, -0.1) is 0 Å². The van der Waals surface area contributed by atoms with Crippen LogP contribution in [0.2, 0.25) is 5.02 Å². The van der Waals surface area contributed by atoms with E-state index in [0.29, 0.717) is 31.3 Å². The number of halogens is 1. The number of rotatable bonds is 4. The first-order valence-corrected chi connectivity index (χ1v) is 9.98. The highest BCUT2D eigenvalue weighted by Crippen LogP contribution is 2.37. The van der Waals surface area contributed by atoms with Crippen molar-refractivity contribution >= 4 is 21.6 Å². The normalized spacial score (nSPS) is 19.5. The van der Waals surface area contributed by atoms with Crippen molar-refractivity contribution in [2.24, 2.45) is 5.92 Å². The molecule has 9 heteroatoms. The first-order valence-electron chi connectivity index (χ1n) is 8.12. The van der Waals surface area contributed by atoms with Gasteiger partial charge in [-0.3, -0.25) is 0 Å². The number of hydrogen-bond donors (Lipinski definition) is 1. The maximum atomic E-state index is 12.7. The summed E-state index contributed by atoms with van der Waals surface area (Å²) < 4.78 is 40.9. The summed E-state index contributed by atoms with van der Waals surface area (Å²) in [6, 6.07) is 2.91. The number of fused-ring (bicyclic) bond motifs is 2. The van der Waals surface area contributed by atoms with Gasteiger partial charge in [0.15, 0.2) is 11.5 Å². The Morgan fingerprint density at radius 2 is 2.04 bits per heavy atom. The van der Waals surface area contributed by atoms with Gasteiger partial charge in [0.1, 0.15) is 23.9 Å². The number of nitrogens with one attached hydrogen (secondary N) is 1. The number of nitrogens with zero attached hydrogens (tertiary/aromatic N) is 2. The molecule has 0 spiro atoms. The highest BCUT2D eigenvalue weighted by Gasteiger charge is 2.25. The number of aryl methyl sites for hydroxylation is 1. The summed E-state index contributed by atoms with van der Waals surface area (Å²) >= 11 is 6.15. The molecule has 1 N–H and O–H groups in total. The lowest BCUT2D eigenvalue weighted by Crippen LogP contribution is -2.33. The Kier molecular flexibility index (Phi) is 4.35. The molecular formula is C16H18ClN3O4S. The lowest BCUT2D eigenvalue weighted by Gasteiger charge is -2.24. The molecular weight excluding hydrogens is 366 g/mol. The lowest BCUT2D eigenvalue weighted by molar-refractivity contribution is 0.171. The highest BCUT2D eigenvalue weighted by molar-refractivity contribution is 7.89. The number of imidazole rings is 1. The summed E-state index contributed by atoms with van der Waals surface area (Å²) in [6.45, 7) is 1.92. The Labute approximate surface area is 151 Å². The van der Waals surface area contributed by atoms with E-state index in [1.165, 1.54) is 12.1 Å². The Balaban J connectivity index is 1.49. The van der Waals surface area contributed by atoms with Crippen molar-refractivity contribution in [3.05, 3.63) is 35.4 Å². The second-order valence-electron chi connectivity index (χ2n) is 6.18. The van der Waals surface area contributed by atoms with E-state index in [4.69, 9.17) is 21.1 Å². The minimum absolute atomic E-state index is 0.0116. The molecule has 0 aliphatic carbocycles. The Bertz CT molecular complexity index is 897. The molecule has 0 amide bonds. The average molecular weight is 384 g/mol. The van der Waals surface area contributed by atoms with E-state index in [1.807, 2.05) is 6.20 Å². The molecule has 0 bridgehead atoms. The molecule has 3 heterocycles. The fourth-order valence-corrected chi connectivity index (χ4v) is 4.81. The molecule has 2 aromatic rings. The fraction of sp³-hybridized carbons (Fsp3) is 0.438. The third-order valence-electron chi connectivity index (χ3n) is 4.48. The quantitative estimate of drug-likeness (QED) is 0.871. The monoisotopic (exact) mass is 383 g/mol. The Hall–Kier alpha value is -1.77. The zero-order chi connectivity index (χ0) is 17.4. The molecule has 0 unspecified atom stereocenters. The van der Waals surface area contributed by atoms with Gasteiger partial charge in [-0.1, -0.05) is 11.6 Å². The summed E-state index contributed by atoms with van der Waals surface area (Å²) in [7, 11) is -3.73. The van der Waals surface area contributed by atoms with Gasteiger partial charge in [0.25, 0.3) is 0 Å². The van der Waals surface area contributed by atoms with E-state index in [0.717, 1.165) is 25.2 Å². The smallest absolute Gasteiger partial charge is 0.242 e. The van der Waals surface area contributed by atoms with Crippen LogP contribution in [0.5, 0.6) is 11.5 Å². The summed E-state index contributed by atoms with van der Waals surface area (Å²) in [5.41, 5.74) is 0. The lowest BCUT2D eigenvalue weighted by atomic mass is 10.00. The van der Waals surface area contributed by atoms with Gasteiger partial charge in [0.05, 0.1) is 5.02 Å². The minimum Gasteiger partial charge on any atom is -0.486 e. The van der Waals surface area contributed by atoms with Crippen LogP contribution in [-0.4, -0.2) is 37.7 Å². The third kappa shape index (κ3) is 3.33. The summed E-state index contributed by atoms with van der Waals surface area (Å²) in [5.74, 6) is 2.13. The van der Waals surface area contributed by atoms with Crippen LogP contribution in [0.4, 0.5) is 0 Å². The van der Waals surface area contributed by atoms with Gasteiger partial charge in [-0.05, 0) is 12.3 Å². The van der Waals surface area contributed by atoms with E-state index >= 15 is 0 Å². The number of ether oxygens (including phenoxy) is 2. The molecule has 0 fully saturated rings. The summed E-state index contributed by atoms with van der Waals surface area (Å²) in [4.78, 5) is 4.29. The summed E-state index contributed by atoms with van der Waals surface area (Å²) in [5, 5.41) is 0.122. The van der Waals surface area contributed by atoms with Gasteiger partial charge in [-0.25, -0.2) is 18.1 Å². The van der Waals surface area contributed by atoms with E-state index in [1.54, 1.807) is 6.20 Å². The van der Waals surface area contributed by atoms with Crippen molar-refractivity contribution in [2.75, 3.05) is 19.8 Å². The third-order valence-corrected chi connectivity index (χ3v) is 6.37. The molecule has 0 saturated carbocycles. The summed E-state index contributed by atoms with van der Waals surface area (Å²) in [6.07, 6.45) is 5.45. The molecule has 0 radical (unpaired) electrons. The second-order valence-corrected chi connectivity index (χ2v) is 8.32. The van der Waals surface area contributed by atoms with Crippen LogP contribution in [0, 0.1) is 5.92 Å². The van der Waals surface area contributed by atoms with Crippen LogP contribution < -0.4 is 14.2 Å². The predicted molar refractivity (Wildman–Crippen MR) is 91.7 cm³/mol. The van der Waals surface area contributed by atoms with Crippen molar-refractivity contribution in [1.29, 1.82) is 0 Å². The van der Waals surface area contributed by atoms with Gasteiger partial charge in [-0.2, -0.15) is 0 Å². The van der Waals surface area contributed by atoms with E-state index in [2.05, 4.69) is 14.3 Å². The zero-order valence-corrected chi connectivity index (χ0v) is 15.0. The van der Waals surface area contributed by atoms with Crippen molar-refractivity contribution < 1.29 is 17.9 Å². The zero-order valence-electron chi connectivity index (χ0n) is 13.4. The van der Waals surface area contributed by atoms with Crippen LogP contribution in [0.15, 0.2) is 29.4 Å². The number of sulfonamides is 1. The topological polar surface area (TPSA) is 82.5 Å². The van der Waals surface area contributed by atoms with Gasteiger partial charge < -0.3 is 14.0 Å². The largest absolute Gasteiger partial charge is 0.486 e. The first kappa shape index (κ1) is 16.7. The number of benzene rings is 1. The van der Waals surface area contributed by atoms with E-state index in [-0.39, 0.29) is 15.8 Å². The standard InChI is InChI=1S/C16H18ClN3O4S/c17-12-7-13-14(24-6-5-23-13)8-15(12)25(21,22)19-9-11-1-2-16-18-3-4-20(16)10-11/h3-4,7-8,11,19H,1-2,5-6,9-10H2/t11-/m0/s1. The van der Waals surface area contributed by atoms with E-state index < -0.39 is 10.0 Å². The van der Waals surface area contributed by atoms with Crippen molar-refractivity contribution in [2.45, 2.75) is 24.3 Å². The molecule has 134 valence electrons. The SMILES string of the molecule is O=S(=O)(NC[C@@H]1CCc2nccn2C1)c1cc2c(cc1Cl)OCCO2. The minimum atomic E-state index is -3.73. The molecule has 2 aliphatic rings. The van der Waals surface area contributed by atoms with Crippen LogP contribution in [0.1, 0.15) is 12.2 Å². The van der Waals surface area contributed by atoms with Crippen molar-refractivity contribution in [3.63, 3.8) is 0 Å². The Morgan fingerprint density at radius 1 is 1.28 bits per heavy atom. The van der Waals surface area contributed by atoms with Crippen LogP contribution in [0.3, 0.4) is 0 Å². The fourth-order valence-electron chi connectivity index (χ4n) is 3.16. The van der Waals surface area contributed by atoms with Crippen molar-refractivity contribution in [3.8, 4) is 11.5 Å². The maximum absolute atomic E-state index is 12.7. The maximum Gasteiger partial charge on any atom is 0.242 e. The Morgan fingerprint density at radius 3 is 2.84 bits per heavy atom. The number of hydrogen-bond acceptors (Lipinski definition) is 5. The first-order chi connectivity index (χ1) is 12.0. The molecule has 1 aromatic heterocycles. The van der Waals surface area contributed by atoms with Crippen LogP contribution >= 0.6 is 11.6 Å². The molecule has 4 rings (SSSR count). The average Bonchev–Trinajstić information content (AvgIpc) is 3.07. The van der Waals surface area contributed by atoms with Gasteiger partial charge in [0, 0.05) is 44.0 Å². The molecule has 1 aromatic carbocycles. The van der Waals surface area contributed by atoms with E-state index in [9.17, 15) is 8.42 Å². The predicted octanol–water partition coefficient (Wildman–Crippen LogP) is 1.85. The van der Waals surface area contributed by atoms with Gasteiger partial charge in [0.2, 0.25) is 10.0 Å².